The van der Waals surface area contributed by atoms with Gasteiger partial charge in [0.1, 0.15) is 5.69 Å². The molecule has 0 aliphatic heterocycles. The minimum Gasteiger partial charge on any atom is -0.378 e. The minimum atomic E-state index is -3.24. The summed E-state index contributed by atoms with van der Waals surface area (Å²) in [6.07, 6.45) is 1.06. The molecule has 0 heterocycles. The van der Waals surface area contributed by atoms with Gasteiger partial charge in [-0.15, -0.1) is 0 Å². The summed E-state index contributed by atoms with van der Waals surface area (Å²) >= 11 is 0. The van der Waals surface area contributed by atoms with Gasteiger partial charge < -0.3 is 5.32 Å². The molecule has 1 aromatic rings. The van der Waals surface area contributed by atoms with Crippen LogP contribution in [-0.2, 0) is 10.0 Å². The molecule has 0 aromatic heterocycles. The molecule has 8 heteroatoms. The highest BCUT2D eigenvalue weighted by Crippen LogP contribution is 2.24. The van der Waals surface area contributed by atoms with Crippen LogP contribution >= 0.6 is 0 Å². The number of rotatable bonds is 6. The van der Waals surface area contributed by atoms with Gasteiger partial charge in [-0.25, -0.2) is 13.1 Å². The number of nitro groups is 1. The molecule has 0 fully saturated rings. The van der Waals surface area contributed by atoms with Crippen LogP contribution in [0.25, 0.3) is 0 Å². The molecule has 0 saturated carbocycles. The first-order valence-electron chi connectivity index (χ1n) is 5.23. The Morgan fingerprint density at radius 1 is 1.33 bits per heavy atom. The van der Waals surface area contributed by atoms with E-state index in [9.17, 15) is 18.5 Å². The average Bonchev–Trinajstić information content (AvgIpc) is 2.24. The second-order valence-corrected chi connectivity index (χ2v) is 5.70. The Morgan fingerprint density at radius 3 is 2.56 bits per heavy atom. The predicted octanol–water partition coefficient (Wildman–Crippen LogP) is 0.864. The van der Waals surface area contributed by atoms with E-state index < -0.39 is 14.9 Å². The standard InChI is InChI=1S/C10H15N3O4S/c1-8-3-4-9(10(7-8)13(14)15)11-5-6-12-18(2,16)17/h3-4,7,11-12H,5-6H2,1-2H3. The van der Waals surface area contributed by atoms with Crippen LogP contribution < -0.4 is 10.0 Å². The van der Waals surface area contributed by atoms with E-state index in [4.69, 9.17) is 0 Å². The van der Waals surface area contributed by atoms with Crippen molar-refractivity contribution in [2.45, 2.75) is 6.92 Å². The van der Waals surface area contributed by atoms with Crippen molar-refractivity contribution in [1.29, 1.82) is 0 Å². The van der Waals surface area contributed by atoms with Crippen LogP contribution in [0.3, 0.4) is 0 Å². The average molecular weight is 273 g/mol. The molecule has 0 bridgehead atoms. The molecule has 0 amide bonds. The minimum absolute atomic E-state index is 0.0191. The van der Waals surface area contributed by atoms with Crippen LogP contribution in [0.5, 0.6) is 0 Å². The molecule has 0 aliphatic rings. The van der Waals surface area contributed by atoms with E-state index in [1.165, 1.54) is 6.07 Å². The van der Waals surface area contributed by atoms with Crippen molar-refractivity contribution in [3.63, 3.8) is 0 Å². The number of aryl methyl sites for hydroxylation is 1. The van der Waals surface area contributed by atoms with Gasteiger partial charge in [0.2, 0.25) is 10.0 Å². The highest BCUT2D eigenvalue weighted by atomic mass is 32.2. The fourth-order valence-electron chi connectivity index (χ4n) is 1.38. The molecule has 100 valence electrons. The van der Waals surface area contributed by atoms with E-state index in [1.807, 2.05) is 0 Å². The Kier molecular flexibility index (Phi) is 4.62. The van der Waals surface area contributed by atoms with Crippen LogP contribution in [0.1, 0.15) is 5.56 Å². The van der Waals surface area contributed by atoms with Gasteiger partial charge in [-0.1, -0.05) is 6.07 Å². The van der Waals surface area contributed by atoms with Crippen molar-refractivity contribution in [3.05, 3.63) is 33.9 Å². The fourth-order valence-corrected chi connectivity index (χ4v) is 1.85. The number of nitrogens with zero attached hydrogens (tertiary/aromatic N) is 1. The molecular weight excluding hydrogens is 258 g/mol. The van der Waals surface area contributed by atoms with Crippen molar-refractivity contribution in [3.8, 4) is 0 Å². The lowest BCUT2D eigenvalue weighted by atomic mass is 10.2. The van der Waals surface area contributed by atoms with Crippen LogP contribution in [0.2, 0.25) is 0 Å². The van der Waals surface area contributed by atoms with Gasteiger partial charge in [0, 0.05) is 19.2 Å². The third kappa shape index (κ3) is 4.68. The zero-order chi connectivity index (χ0) is 13.8. The van der Waals surface area contributed by atoms with Gasteiger partial charge in [0.05, 0.1) is 11.2 Å². The summed E-state index contributed by atoms with van der Waals surface area (Å²) < 4.78 is 23.9. The maximum absolute atomic E-state index is 10.8. The van der Waals surface area contributed by atoms with Gasteiger partial charge in [-0.2, -0.15) is 0 Å². The highest BCUT2D eigenvalue weighted by molar-refractivity contribution is 7.88. The lowest BCUT2D eigenvalue weighted by Crippen LogP contribution is -2.27. The fraction of sp³-hybridized carbons (Fsp3) is 0.400. The largest absolute Gasteiger partial charge is 0.378 e. The monoisotopic (exact) mass is 273 g/mol. The van der Waals surface area contributed by atoms with Crippen molar-refractivity contribution < 1.29 is 13.3 Å². The van der Waals surface area contributed by atoms with Gasteiger partial charge in [-0.3, -0.25) is 10.1 Å². The molecular formula is C10H15N3O4S. The Labute approximate surface area is 105 Å². The van der Waals surface area contributed by atoms with E-state index in [1.54, 1.807) is 19.1 Å². The number of hydrogen-bond acceptors (Lipinski definition) is 5. The van der Waals surface area contributed by atoms with Crippen molar-refractivity contribution in [2.75, 3.05) is 24.7 Å². The normalized spacial score (nSPS) is 11.2. The third-order valence-corrected chi connectivity index (χ3v) is 2.88. The first-order chi connectivity index (χ1) is 8.29. The quantitative estimate of drug-likeness (QED) is 0.455. The smallest absolute Gasteiger partial charge is 0.292 e. The Morgan fingerprint density at radius 2 is 2.00 bits per heavy atom. The maximum atomic E-state index is 10.8. The van der Waals surface area contributed by atoms with Gasteiger partial charge >= 0.3 is 0 Å². The number of benzene rings is 1. The van der Waals surface area contributed by atoms with Crippen LogP contribution in [0, 0.1) is 17.0 Å². The van der Waals surface area contributed by atoms with E-state index in [2.05, 4.69) is 10.0 Å². The molecule has 1 aromatic carbocycles. The SMILES string of the molecule is Cc1ccc(NCCNS(C)(=O)=O)c([N+](=O)[O-])c1. The van der Waals surface area contributed by atoms with Crippen LogP contribution in [0.4, 0.5) is 11.4 Å². The van der Waals surface area contributed by atoms with Crippen LogP contribution in [-0.4, -0.2) is 32.7 Å². The summed E-state index contributed by atoms with van der Waals surface area (Å²) in [6, 6.07) is 4.82. The van der Waals surface area contributed by atoms with E-state index >= 15 is 0 Å². The van der Waals surface area contributed by atoms with Gasteiger partial charge in [-0.05, 0) is 18.6 Å². The summed E-state index contributed by atoms with van der Waals surface area (Å²) in [5, 5.41) is 13.6. The second kappa shape index (κ2) is 5.78. The summed E-state index contributed by atoms with van der Waals surface area (Å²) in [5.41, 5.74) is 1.15. The van der Waals surface area contributed by atoms with Gasteiger partial charge in [0.25, 0.3) is 5.69 Å². The first-order valence-corrected chi connectivity index (χ1v) is 7.12. The summed E-state index contributed by atoms with van der Waals surface area (Å²) in [6.45, 7) is 2.21. The lowest BCUT2D eigenvalue weighted by Gasteiger charge is -2.07. The highest BCUT2D eigenvalue weighted by Gasteiger charge is 2.13. The summed E-state index contributed by atoms with van der Waals surface area (Å²) in [5.74, 6) is 0. The first kappa shape index (κ1) is 14.4. The van der Waals surface area contributed by atoms with Crippen molar-refractivity contribution in [1.82, 2.24) is 4.72 Å². The molecule has 2 N–H and O–H groups in total. The molecule has 18 heavy (non-hydrogen) atoms. The summed E-state index contributed by atoms with van der Waals surface area (Å²) in [4.78, 5) is 10.3. The van der Waals surface area contributed by atoms with Gasteiger partial charge in [0.15, 0.2) is 0 Å². The molecule has 1 rings (SSSR count). The van der Waals surface area contributed by atoms with E-state index in [0.29, 0.717) is 5.69 Å². The number of hydrogen-bond donors (Lipinski definition) is 2. The van der Waals surface area contributed by atoms with Crippen molar-refractivity contribution >= 4 is 21.4 Å². The number of sulfonamides is 1. The second-order valence-electron chi connectivity index (χ2n) is 3.87. The molecule has 0 radical (unpaired) electrons. The molecule has 0 unspecified atom stereocenters. The number of nitro benzene ring substituents is 1. The van der Waals surface area contributed by atoms with Crippen molar-refractivity contribution in [2.24, 2.45) is 0 Å². The summed E-state index contributed by atoms with van der Waals surface area (Å²) in [7, 11) is -3.24. The van der Waals surface area contributed by atoms with Crippen LogP contribution in [0.15, 0.2) is 18.2 Å². The molecule has 0 spiro atoms. The molecule has 0 atom stereocenters. The number of nitrogens with one attached hydrogen (secondary N) is 2. The predicted molar refractivity (Wildman–Crippen MR) is 69.2 cm³/mol. The third-order valence-electron chi connectivity index (χ3n) is 2.15. The molecule has 7 nitrogen and oxygen atoms in total. The Balaban J connectivity index is 2.65. The Hall–Kier alpha value is -1.67. The Bertz CT molecular complexity index is 542. The number of anilines is 1. The maximum Gasteiger partial charge on any atom is 0.292 e. The van der Waals surface area contributed by atoms with E-state index in [-0.39, 0.29) is 18.8 Å². The molecule has 0 saturated heterocycles. The topological polar surface area (TPSA) is 101 Å². The lowest BCUT2D eigenvalue weighted by molar-refractivity contribution is -0.384. The molecule has 0 aliphatic carbocycles. The zero-order valence-electron chi connectivity index (χ0n) is 10.1. The van der Waals surface area contributed by atoms with E-state index in [0.717, 1.165) is 11.8 Å². The zero-order valence-corrected chi connectivity index (χ0v) is 11.0.